The molecule has 35 heavy (non-hydrogen) atoms. The minimum atomic E-state index is -0.601. The van der Waals surface area contributed by atoms with Crippen molar-refractivity contribution >= 4 is 23.4 Å². The van der Waals surface area contributed by atoms with Gasteiger partial charge in [0.05, 0.1) is 25.1 Å². The molecular formula is C27H31N3O5. The molecule has 3 heterocycles. The first-order valence-corrected chi connectivity index (χ1v) is 12.3. The van der Waals surface area contributed by atoms with Crippen LogP contribution in [0.3, 0.4) is 0 Å². The zero-order chi connectivity index (χ0) is 24.4. The Labute approximate surface area is 205 Å². The van der Waals surface area contributed by atoms with Gasteiger partial charge in [-0.1, -0.05) is 12.1 Å². The summed E-state index contributed by atoms with van der Waals surface area (Å²) in [5.74, 6) is 1.14. The number of hydrogen-bond donors (Lipinski definition) is 1. The molecule has 2 aromatic carbocycles. The molecule has 8 nitrogen and oxygen atoms in total. The highest BCUT2D eigenvalue weighted by atomic mass is 16.5. The number of methoxy groups -OCH3 is 1. The molecule has 5 rings (SSSR count). The van der Waals surface area contributed by atoms with Crippen LogP contribution in [-0.4, -0.2) is 66.4 Å². The number of fused-ring (bicyclic) bond motifs is 1. The average Bonchev–Trinajstić information content (AvgIpc) is 3.03. The van der Waals surface area contributed by atoms with Crippen LogP contribution in [0.25, 0.3) is 0 Å². The number of carbonyl (C=O) groups is 3. The van der Waals surface area contributed by atoms with Crippen LogP contribution >= 0.6 is 0 Å². The van der Waals surface area contributed by atoms with Gasteiger partial charge < -0.3 is 24.6 Å². The van der Waals surface area contributed by atoms with Gasteiger partial charge in [0.25, 0.3) is 5.91 Å². The third kappa shape index (κ3) is 4.83. The molecule has 1 N–H and O–H groups in total. The molecule has 2 aromatic rings. The molecular weight excluding hydrogens is 446 g/mol. The molecule has 1 atom stereocenters. The quantitative estimate of drug-likeness (QED) is 0.733. The van der Waals surface area contributed by atoms with Crippen molar-refractivity contribution in [3.63, 3.8) is 0 Å². The molecule has 2 fully saturated rings. The summed E-state index contributed by atoms with van der Waals surface area (Å²) in [7, 11) is 1.59. The second-order valence-corrected chi connectivity index (χ2v) is 9.65. The van der Waals surface area contributed by atoms with Gasteiger partial charge in [-0.3, -0.25) is 14.4 Å². The predicted octanol–water partition coefficient (Wildman–Crippen LogP) is 3.33. The number of nitrogens with zero attached hydrogens (tertiary/aromatic N) is 2. The van der Waals surface area contributed by atoms with Crippen molar-refractivity contribution in [2.24, 2.45) is 5.92 Å². The van der Waals surface area contributed by atoms with Gasteiger partial charge in [-0.15, -0.1) is 0 Å². The van der Waals surface area contributed by atoms with E-state index in [1.54, 1.807) is 36.3 Å². The number of nitrogens with one attached hydrogen (secondary N) is 1. The summed E-state index contributed by atoms with van der Waals surface area (Å²) < 4.78 is 11.5. The Hall–Kier alpha value is -3.55. The molecule has 1 unspecified atom stereocenters. The highest BCUT2D eigenvalue weighted by Crippen LogP contribution is 2.38. The van der Waals surface area contributed by atoms with E-state index in [-0.39, 0.29) is 30.1 Å². The molecule has 3 amide bonds. The SMILES string of the molecule is COc1ccc(C(=O)N2CCCC(C(=O)N3CCC4(CC3)CC(=O)Nc3ccccc3O4)C2)cc1. The number of carbonyl (C=O) groups excluding carboxylic acids is 3. The van der Waals surface area contributed by atoms with Crippen LogP contribution in [0.15, 0.2) is 48.5 Å². The Balaban J connectivity index is 1.21. The summed E-state index contributed by atoms with van der Waals surface area (Å²) in [6.07, 6.45) is 3.05. The number of anilines is 1. The lowest BCUT2D eigenvalue weighted by Gasteiger charge is -2.42. The number of para-hydroxylation sites is 2. The fourth-order valence-corrected chi connectivity index (χ4v) is 5.37. The van der Waals surface area contributed by atoms with Crippen molar-refractivity contribution in [1.29, 1.82) is 0 Å². The van der Waals surface area contributed by atoms with E-state index in [0.717, 1.165) is 12.8 Å². The van der Waals surface area contributed by atoms with Gasteiger partial charge in [0.2, 0.25) is 11.8 Å². The third-order valence-electron chi connectivity index (χ3n) is 7.35. The minimum absolute atomic E-state index is 0.0562. The summed E-state index contributed by atoms with van der Waals surface area (Å²) in [4.78, 5) is 42.6. The molecule has 8 heteroatoms. The summed E-state index contributed by atoms with van der Waals surface area (Å²) in [5.41, 5.74) is 0.690. The Bertz CT molecular complexity index is 1110. The summed E-state index contributed by atoms with van der Waals surface area (Å²) >= 11 is 0. The number of ether oxygens (including phenoxy) is 2. The summed E-state index contributed by atoms with van der Waals surface area (Å²) in [5, 5.41) is 2.93. The maximum absolute atomic E-state index is 13.4. The second kappa shape index (κ2) is 9.60. The largest absolute Gasteiger partial charge is 0.497 e. The molecule has 0 aromatic heterocycles. The van der Waals surface area contributed by atoms with E-state index in [1.807, 2.05) is 29.2 Å². The standard InChI is InChI=1S/C27H31N3O5/c1-34-21-10-8-19(9-11-21)25(32)30-14-4-5-20(18-30)26(33)29-15-12-27(13-16-29)17-24(31)28-22-6-2-3-7-23(22)35-27/h2-3,6-11,20H,4-5,12-18H2,1H3,(H,28,31). The third-order valence-corrected chi connectivity index (χ3v) is 7.35. The smallest absolute Gasteiger partial charge is 0.253 e. The van der Waals surface area contributed by atoms with E-state index in [2.05, 4.69) is 5.32 Å². The maximum Gasteiger partial charge on any atom is 0.253 e. The first-order valence-electron chi connectivity index (χ1n) is 12.3. The van der Waals surface area contributed by atoms with E-state index in [9.17, 15) is 14.4 Å². The zero-order valence-corrected chi connectivity index (χ0v) is 20.0. The van der Waals surface area contributed by atoms with Crippen molar-refractivity contribution in [1.82, 2.24) is 9.80 Å². The van der Waals surface area contributed by atoms with E-state index in [1.165, 1.54) is 0 Å². The monoisotopic (exact) mass is 477 g/mol. The molecule has 0 aliphatic carbocycles. The normalized spacial score (nSPS) is 21.4. The van der Waals surface area contributed by atoms with Crippen molar-refractivity contribution < 1.29 is 23.9 Å². The van der Waals surface area contributed by atoms with Crippen molar-refractivity contribution in [3.05, 3.63) is 54.1 Å². The van der Waals surface area contributed by atoms with Crippen LogP contribution in [0.1, 0.15) is 42.5 Å². The molecule has 184 valence electrons. The molecule has 3 aliphatic heterocycles. The van der Waals surface area contributed by atoms with Crippen LogP contribution < -0.4 is 14.8 Å². The number of benzene rings is 2. The second-order valence-electron chi connectivity index (χ2n) is 9.65. The fourth-order valence-electron chi connectivity index (χ4n) is 5.37. The van der Waals surface area contributed by atoms with Crippen LogP contribution in [0.4, 0.5) is 5.69 Å². The zero-order valence-electron chi connectivity index (χ0n) is 20.0. The molecule has 3 aliphatic rings. The van der Waals surface area contributed by atoms with E-state index in [4.69, 9.17) is 9.47 Å². The highest BCUT2D eigenvalue weighted by Gasteiger charge is 2.43. The average molecular weight is 478 g/mol. The fraction of sp³-hybridized carbons (Fsp3) is 0.444. The minimum Gasteiger partial charge on any atom is -0.497 e. The number of rotatable bonds is 3. The molecule has 1 spiro atoms. The number of piperidine rings is 2. The molecule has 0 saturated carbocycles. The summed E-state index contributed by atoms with van der Waals surface area (Å²) in [6, 6.07) is 14.5. The van der Waals surface area contributed by atoms with Crippen LogP contribution in [0, 0.1) is 5.92 Å². The topological polar surface area (TPSA) is 88.2 Å². The Kier molecular flexibility index (Phi) is 6.36. The lowest BCUT2D eigenvalue weighted by atomic mass is 9.86. The maximum atomic E-state index is 13.4. The Morgan fingerprint density at radius 1 is 1.03 bits per heavy atom. The van der Waals surface area contributed by atoms with E-state index >= 15 is 0 Å². The van der Waals surface area contributed by atoms with Crippen molar-refractivity contribution in [2.45, 2.75) is 37.7 Å². The van der Waals surface area contributed by atoms with Crippen molar-refractivity contribution in [3.8, 4) is 11.5 Å². The molecule has 0 radical (unpaired) electrons. The number of hydrogen-bond acceptors (Lipinski definition) is 5. The van der Waals surface area contributed by atoms with Gasteiger partial charge in [-0.25, -0.2) is 0 Å². The molecule has 0 bridgehead atoms. The Morgan fingerprint density at radius 3 is 2.51 bits per heavy atom. The van der Waals surface area contributed by atoms with Gasteiger partial charge in [0.1, 0.15) is 17.1 Å². The van der Waals surface area contributed by atoms with E-state index in [0.29, 0.717) is 61.8 Å². The van der Waals surface area contributed by atoms with Gasteiger partial charge in [0.15, 0.2) is 0 Å². The lowest BCUT2D eigenvalue weighted by molar-refractivity contribution is -0.141. The Morgan fingerprint density at radius 2 is 1.77 bits per heavy atom. The van der Waals surface area contributed by atoms with Crippen LogP contribution in [0.2, 0.25) is 0 Å². The van der Waals surface area contributed by atoms with Gasteiger partial charge >= 0.3 is 0 Å². The van der Waals surface area contributed by atoms with Crippen LogP contribution in [0.5, 0.6) is 11.5 Å². The molecule has 2 saturated heterocycles. The van der Waals surface area contributed by atoms with Crippen LogP contribution in [-0.2, 0) is 9.59 Å². The highest BCUT2D eigenvalue weighted by molar-refractivity contribution is 5.95. The van der Waals surface area contributed by atoms with Crippen molar-refractivity contribution in [2.75, 3.05) is 38.6 Å². The first kappa shape index (κ1) is 23.2. The number of likely N-dealkylation sites (tertiary alicyclic amines) is 2. The lowest BCUT2D eigenvalue weighted by Crippen LogP contribution is -2.53. The van der Waals surface area contributed by atoms with Gasteiger partial charge in [0, 0.05) is 44.6 Å². The van der Waals surface area contributed by atoms with Gasteiger partial charge in [-0.2, -0.15) is 0 Å². The predicted molar refractivity (Wildman–Crippen MR) is 130 cm³/mol. The summed E-state index contributed by atoms with van der Waals surface area (Å²) in [6.45, 7) is 2.16. The van der Waals surface area contributed by atoms with E-state index < -0.39 is 5.60 Å². The first-order chi connectivity index (χ1) is 17.0. The van der Waals surface area contributed by atoms with Gasteiger partial charge in [-0.05, 0) is 49.2 Å². The number of amides is 3.